The molecule has 134 valence electrons. The Labute approximate surface area is 148 Å². The second-order valence-corrected chi connectivity index (χ2v) is 6.41. The second-order valence-electron chi connectivity index (χ2n) is 6.41. The molecule has 2 aromatic rings. The molecule has 0 aliphatic heterocycles. The highest BCUT2D eigenvalue weighted by atomic mass is 16.1. The number of hydrogen-bond donors (Lipinski definition) is 1. The van der Waals surface area contributed by atoms with Crippen molar-refractivity contribution in [2.45, 2.75) is 53.0 Å². The van der Waals surface area contributed by atoms with Crippen molar-refractivity contribution in [2.75, 3.05) is 6.54 Å². The van der Waals surface area contributed by atoms with Crippen LogP contribution in [0.5, 0.6) is 0 Å². The number of carbonyl (C=O) groups excluding carboxylic acids is 2. The summed E-state index contributed by atoms with van der Waals surface area (Å²) in [5.41, 5.74) is 3.42. The number of ketones is 1. The van der Waals surface area contributed by atoms with Crippen molar-refractivity contribution in [2.24, 2.45) is 0 Å². The molecule has 0 bridgehead atoms. The number of amides is 1. The van der Waals surface area contributed by atoms with Gasteiger partial charge in [-0.1, -0.05) is 0 Å². The smallest absolute Gasteiger partial charge is 0.222 e. The van der Waals surface area contributed by atoms with Crippen LogP contribution in [-0.4, -0.2) is 33.0 Å². The fourth-order valence-electron chi connectivity index (χ4n) is 3.10. The summed E-state index contributed by atoms with van der Waals surface area (Å²) in [7, 11) is 0. The van der Waals surface area contributed by atoms with Crippen LogP contribution in [0.3, 0.4) is 0 Å². The molecule has 0 aliphatic carbocycles. The lowest BCUT2D eigenvalue weighted by atomic mass is 10.1. The van der Waals surface area contributed by atoms with Crippen LogP contribution < -0.4 is 5.32 Å². The van der Waals surface area contributed by atoms with E-state index in [1.807, 2.05) is 32.9 Å². The predicted octanol–water partition coefficient (Wildman–Crippen LogP) is 2.80. The average molecular weight is 342 g/mol. The maximum absolute atomic E-state index is 12.1. The number of aryl methyl sites for hydroxylation is 2. The van der Waals surface area contributed by atoms with Gasteiger partial charge in [0.05, 0.1) is 17.3 Å². The van der Waals surface area contributed by atoms with E-state index in [2.05, 4.69) is 15.4 Å². The summed E-state index contributed by atoms with van der Waals surface area (Å²) < 4.78 is 1.78. The SMILES string of the molecule is CC(=O)c1c(C)nn([C@H](C)CC(=O)NCCCc2ccncc2)c1C. The summed E-state index contributed by atoms with van der Waals surface area (Å²) in [5, 5.41) is 7.39. The van der Waals surface area contributed by atoms with Gasteiger partial charge in [-0.05, 0) is 58.2 Å². The Morgan fingerprint density at radius 3 is 2.52 bits per heavy atom. The molecule has 0 aromatic carbocycles. The van der Waals surface area contributed by atoms with Crippen molar-refractivity contribution >= 4 is 11.7 Å². The van der Waals surface area contributed by atoms with Gasteiger partial charge < -0.3 is 5.32 Å². The minimum atomic E-state index is -0.0907. The van der Waals surface area contributed by atoms with Crippen LogP contribution in [0.2, 0.25) is 0 Å². The van der Waals surface area contributed by atoms with Crippen molar-refractivity contribution < 1.29 is 9.59 Å². The third-order valence-corrected chi connectivity index (χ3v) is 4.29. The number of Topliss-reactive ketones (excluding diaryl/α,β-unsaturated/α-hetero) is 1. The average Bonchev–Trinajstić information content (AvgIpc) is 2.87. The van der Waals surface area contributed by atoms with Gasteiger partial charge in [-0.3, -0.25) is 19.3 Å². The molecule has 0 fully saturated rings. The van der Waals surface area contributed by atoms with Crippen LogP contribution in [0.15, 0.2) is 24.5 Å². The molecule has 0 saturated carbocycles. The van der Waals surface area contributed by atoms with Crippen molar-refractivity contribution in [3.8, 4) is 0 Å². The summed E-state index contributed by atoms with van der Waals surface area (Å²) in [6.07, 6.45) is 5.70. The van der Waals surface area contributed by atoms with Crippen molar-refractivity contribution in [1.29, 1.82) is 0 Å². The van der Waals surface area contributed by atoms with Gasteiger partial charge in [0.25, 0.3) is 0 Å². The van der Waals surface area contributed by atoms with Gasteiger partial charge in [-0.2, -0.15) is 5.10 Å². The maximum Gasteiger partial charge on any atom is 0.222 e. The molecule has 2 rings (SSSR count). The van der Waals surface area contributed by atoms with Crippen LogP contribution in [0, 0.1) is 13.8 Å². The molecule has 2 aromatic heterocycles. The lowest BCUT2D eigenvalue weighted by molar-refractivity contribution is -0.121. The van der Waals surface area contributed by atoms with E-state index in [1.165, 1.54) is 5.56 Å². The van der Waals surface area contributed by atoms with Crippen molar-refractivity contribution in [1.82, 2.24) is 20.1 Å². The lowest BCUT2D eigenvalue weighted by Gasteiger charge is -2.14. The van der Waals surface area contributed by atoms with Crippen LogP contribution >= 0.6 is 0 Å². The first-order valence-electron chi connectivity index (χ1n) is 8.62. The minimum absolute atomic E-state index is 0.000781. The Morgan fingerprint density at radius 1 is 1.24 bits per heavy atom. The summed E-state index contributed by atoms with van der Waals surface area (Å²) in [6.45, 7) is 7.83. The number of pyridine rings is 1. The summed E-state index contributed by atoms with van der Waals surface area (Å²) in [6, 6.07) is 3.88. The second kappa shape index (κ2) is 8.55. The van der Waals surface area contributed by atoms with E-state index in [0.29, 0.717) is 18.5 Å². The first-order valence-corrected chi connectivity index (χ1v) is 8.62. The lowest BCUT2D eigenvalue weighted by Crippen LogP contribution is -2.27. The quantitative estimate of drug-likeness (QED) is 0.591. The van der Waals surface area contributed by atoms with Gasteiger partial charge >= 0.3 is 0 Å². The Kier molecular flexibility index (Phi) is 6.44. The van der Waals surface area contributed by atoms with E-state index in [0.717, 1.165) is 24.2 Å². The number of nitrogens with one attached hydrogen (secondary N) is 1. The summed E-state index contributed by atoms with van der Waals surface area (Å²) in [5.74, 6) is 0.00756. The molecule has 6 heteroatoms. The Balaban J connectivity index is 1.82. The minimum Gasteiger partial charge on any atom is -0.356 e. The standard InChI is InChI=1S/C19H26N4O2/c1-13(23-15(3)19(16(4)24)14(2)22-23)12-18(25)21-9-5-6-17-7-10-20-11-8-17/h7-8,10-11,13H,5-6,9,12H2,1-4H3,(H,21,25)/t13-/m1/s1. The topological polar surface area (TPSA) is 76.9 Å². The number of hydrogen-bond acceptors (Lipinski definition) is 4. The molecule has 6 nitrogen and oxygen atoms in total. The van der Waals surface area contributed by atoms with E-state index in [1.54, 1.807) is 24.0 Å². The molecule has 0 spiro atoms. The zero-order chi connectivity index (χ0) is 18.4. The normalized spacial score (nSPS) is 12.0. The fourth-order valence-corrected chi connectivity index (χ4v) is 3.10. The molecule has 1 N–H and O–H groups in total. The Hall–Kier alpha value is -2.50. The molecule has 0 saturated heterocycles. The zero-order valence-electron chi connectivity index (χ0n) is 15.4. The number of nitrogens with zero attached hydrogens (tertiary/aromatic N) is 3. The van der Waals surface area contributed by atoms with Gasteiger partial charge in [-0.15, -0.1) is 0 Å². The van der Waals surface area contributed by atoms with Crippen LogP contribution in [-0.2, 0) is 11.2 Å². The Morgan fingerprint density at radius 2 is 1.92 bits per heavy atom. The van der Waals surface area contributed by atoms with E-state index >= 15 is 0 Å². The highest BCUT2D eigenvalue weighted by Gasteiger charge is 2.20. The predicted molar refractivity (Wildman–Crippen MR) is 96.6 cm³/mol. The fraction of sp³-hybridized carbons (Fsp3) is 0.474. The van der Waals surface area contributed by atoms with E-state index in [9.17, 15) is 9.59 Å². The molecular formula is C19H26N4O2. The van der Waals surface area contributed by atoms with Crippen LogP contribution in [0.4, 0.5) is 0 Å². The largest absolute Gasteiger partial charge is 0.356 e. The molecule has 25 heavy (non-hydrogen) atoms. The Bertz CT molecular complexity index is 737. The van der Waals surface area contributed by atoms with E-state index < -0.39 is 0 Å². The zero-order valence-corrected chi connectivity index (χ0v) is 15.4. The number of carbonyl (C=O) groups is 2. The van der Waals surface area contributed by atoms with Crippen molar-refractivity contribution in [3.05, 3.63) is 47.0 Å². The molecule has 1 atom stereocenters. The first-order chi connectivity index (χ1) is 11.9. The number of aromatic nitrogens is 3. The summed E-state index contributed by atoms with van der Waals surface area (Å²) >= 11 is 0. The highest BCUT2D eigenvalue weighted by Crippen LogP contribution is 2.19. The first kappa shape index (κ1) is 18.8. The monoisotopic (exact) mass is 342 g/mol. The number of rotatable bonds is 8. The van der Waals surface area contributed by atoms with Gasteiger partial charge in [0, 0.05) is 31.1 Å². The van der Waals surface area contributed by atoms with Crippen LogP contribution in [0.1, 0.15) is 60.0 Å². The third kappa shape index (κ3) is 4.98. The van der Waals surface area contributed by atoms with E-state index in [4.69, 9.17) is 0 Å². The maximum atomic E-state index is 12.1. The highest BCUT2D eigenvalue weighted by molar-refractivity contribution is 5.96. The molecule has 2 heterocycles. The van der Waals surface area contributed by atoms with Gasteiger partial charge in [0.1, 0.15) is 0 Å². The molecule has 0 unspecified atom stereocenters. The van der Waals surface area contributed by atoms with Crippen molar-refractivity contribution in [3.63, 3.8) is 0 Å². The molecular weight excluding hydrogens is 316 g/mol. The van der Waals surface area contributed by atoms with Gasteiger partial charge in [-0.25, -0.2) is 0 Å². The molecule has 0 aliphatic rings. The summed E-state index contributed by atoms with van der Waals surface area (Å²) in [4.78, 5) is 27.8. The van der Waals surface area contributed by atoms with Gasteiger partial charge in [0.2, 0.25) is 5.91 Å². The molecule has 1 amide bonds. The molecule has 0 radical (unpaired) electrons. The van der Waals surface area contributed by atoms with E-state index in [-0.39, 0.29) is 17.7 Å². The van der Waals surface area contributed by atoms with Crippen LogP contribution in [0.25, 0.3) is 0 Å². The van der Waals surface area contributed by atoms with Gasteiger partial charge in [0.15, 0.2) is 5.78 Å². The third-order valence-electron chi connectivity index (χ3n) is 4.29.